The van der Waals surface area contributed by atoms with E-state index < -0.39 is 54.1 Å². The van der Waals surface area contributed by atoms with Crippen molar-refractivity contribution in [2.24, 2.45) is 5.41 Å². The first-order chi connectivity index (χ1) is 26.8. The van der Waals surface area contributed by atoms with Crippen molar-refractivity contribution >= 4 is 86.7 Å². The third kappa shape index (κ3) is 9.28. The van der Waals surface area contributed by atoms with Crippen LogP contribution in [-0.4, -0.2) is 57.0 Å². The molecule has 1 saturated heterocycles. The van der Waals surface area contributed by atoms with Gasteiger partial charge in [0, 0.05) is 31.8 Å². The van der Waals surface area contributed by atoms with Crippen molar-refractivity contribution in [1.29, 1.82) is 0 Å². The Balaban J connectivity index is 1.23. The summed E-state index contributed by atoms with van der Waals surface area (Å²) in [5.74, 6) is -2.04. The second-order valence-corrected chi connectivity index (χ2v) is 18.6. The highest BCUT2D eigenvalue weighted by Gasteiger charge is 2.50. The van der Waals surface area contributed by atoms with Gasteiger partial charge in [-0.1, -0.05) is 57.2 Å². The molecule has 3 N–H and O–H groups in total. The molecular formula is C41H39F2IN3O8PS. The first kappa shape index (κ1) is 42.1. The van der Waals surface area contributed by atoms with Gasteiger partial charge in [0.05, 0.1) is 10.4 Å². The van der Waals surface area contributed by atoms with E-state index in [0.29, 0.717) is 34.5 Å². The molecule has 3 amide bonds. The lowest BCUT2D eigenvalue weighted by atomic mass is 9.85. The summed E-state index contributed by atoms with van der Waals surface area (Å²) < 4.78 is 47.2. The molecule has 1 fully saturated rings. The van der Waals surface area contributed by atoms with Gasteiger partial charge >= 0.3 is 19.2 Å². The van der Waals surface area contributed by atoms with E-state index in [1.54, 1.807) is 57.2 Å². The summed E-state index contributed by atoms with van der Waals surface area (Å²) in [6, 6.07) is 25.5. The van der Waals surface area contributed by atoms with Gasteiger partial charge in [-0.15, -0.1) is 11.3 Å². The van der Waals surface area contributed by atoms with E-state index in [1.165, 1.54) is 21.9 Å². The number of ether oxygens (including phenoxy) is 1. The molecule has 2 unspecified atom stereocenters. The van der Waals surface area contributed by atoms with Crippen molar-refractivity contribution in [2.75, 3.05) is 11.4 Å². The maximum Gasteiger partial charge on any atom is 0.399 e. The number of esters is 1. The monoisotopic (exact) mass is 929 g/mol. The lowest BCUT2D eigenvalue weighted by Gasteiger charge is -2.36. The van der Waals surface area contributed by atoms with Crippen LogP contribution < -0.4 is 10.2 Å². The minimum absolute atomic E-state index is 0.0926. The number of hydrogen-bond donors (Lipinski definition) is 3. The number of rotatable bonds is 11. The van der Waals surface area contributed by atoms with E-state index in [1.807, 2.05) is 42.5 Å². The average molecular weight is 930 g/mol. The number of hydrogen-bond acceptors (Lipinski definition) is 7. The van der Waals surface area contributed by atoms with Crippen LogP contribution in [0.2, 0.25) is 0 Å². The topological polar surface area (TPSA) is 154 Å². The Bertz CT molecular complexity index is 2350. The summed E-state index contributed by atoms with van der Waals surface area (Å²) in [6.45, 7) is 5.67. The third-order valence-electron chi connectivity index (χ3n) is 9.54. The van der Waals surface area contributed by atoms with Gasteiger partial charge in [0.1, 0.15) is 18.7 Å². The van der Waals surface area contributed by atoms with Crippen LogP contribution in [0, 0.1) is 8.99 Å². The molecule has 2 atom stereocenters. The summed E-state index contributed by atoms with van der Waals surface area (Å²) in [6.07, 6.45) is 0.885. The van der Waals surface area contributed by atoms with Gasteiger partial charge in [-0.2, -0.15) is 8.78 Å². The molecule has 0 saturated carbocycles. The number of amides is 3. The molecule has 0 aliphatic carbocycles. The molecule has 4 aromatic carbocycles. The largest absolute Gasteiger partial charge is 0.457 e. The van der Waals surface area contributed by atoms with E-state index in [4.69, 9.17) is 4.74 Å². The van der Waals surface area contributed by atoms with Gasteiger partial charge in [-0.3, -0.25) is 23.8 Å². The minimum Gasteiger partial charge on any atom is -0.457 e. The van der Waals surface area contributed by atoms with Crippen LogP contribution in [-0.2, 0) is 31.2 Å². The number of carbonyl (C=O) groups excluding carboxylic acids is 4. The zero-order valence-electron chi connectivity index (χ0n) is 31.0. The molecule has 1 aliphatic heterocycles. The molecule has 0 radical (unpaired) electrons. The molecule has 16 heteroatoms. The zero-order chi connectivity index (χ0) is 41.3. The predicted octanol–water partition coefficient (Wildman–Crippen LogP) is 8.59. The number of nitrogens with one attached hydrogen (secondary N) is 1. The average Bonchev–Trinajstić information content (AvgIpc) is 3.84. The molecular weight excluding hydrogens is 890 g/mol. The van der Waals surface area contributed by atoms with Crippen LogP contribution in [0.15, 0.2) is 103 Å². The quantitative estimate of drug-likeness (QED) is 0.0677. The summed E-state index contributed by atoms with van der Waals surface area (Å²) in [4.78, 5) is 77.1. The maximum absolute atomic E-state index is 14.7. The Hall–Kier alpha value is -4.54. The Morgan fingerprint density at radius 2 is 1.58 bits per heavy atom. The fourth-order valence-electron chi connectivity index (χ4n) is 6.51. The lowest BCUT2D eigenvalue weighted by molar-refractivity contribution is -0.140. The van der Waals surface area contributed by atoms with Crippen molar-refractivity contribution in [2.45, 2.75) is 58.0 Å². The first-order valence-corrected chi connectivity index (χ1v) is 21.4. The molecule has 0 spiro atoms. The van der Waals surface area contributed by atoms with Gasteiger partial charge < -0.3 is 24.7 Å². The number of anilines is 2. The van der Waals surface area contributed by atoms with Crippen LogP contribution in [0.4, 0.5) is 20.2 Å². The summed E-state index contributed by atoms with van der Waals surface area (Å²) in [7, 11) is -5.81. The van der Waals surface area contributed by atoms with Crippen LogP contribution in [0.1, 0.15) is 64.8 Å². The van der Waals surface area contributed by atoms with Crippen molar-refractivity contribution in [3.8, 4) is 0 Å². The van der Waals surface area contributed by atoms with Gasteiger partial charge in [-0.25, -0.2) is 4.79 Å². The molecule has 2 heterocycles. The van der Waals surface area contributed by atoms with E-state index in [9.17, 15) is 42.3 Å². The van der Waals surface area contributed by atoms with Crippen LogP contribution in [0.5, 0.6) is 0 Å². The summed E-state index contributed by atoms with van der Waals surface area (Å²) >= 11 is 3.14. The predicted molar refractivity (Wildman–Crippen MR) is 222 cm³/mol. The minimum atomic E-state index is -5.81. The van der Waals surface area contributed by atoms with Crippen molar-refractivity contribution in [3.05, 3.63) is 128 Å². The Labute approximate surface area is 345 Å². The number of halogens is 3. The number of thiophene rings is 1. The van der Waals surface area contributed by atoms with Gasteiger partial charge in [0.2, 0.25) is 5.91 Å². The lowest BCUT2D eigenvalue weighted by Crippen LogP contribution is -2.57. The Morgan fingerprint density at radius 3 is 2.19 bits per heavy atom. The standard InChI is InChI=1S/C41H39F2IN3O8PS/c1-40(2,3)35(45-36(48)34-23-27-22-28(13-20-33(27)57-34)41(42,43)56(52,53)54)38(50)46-21-7-10-32(46)37(49)47(31-18-14-29(44)15-19-31)30-16-11-26(12-17-30)39(51)55-24-25-8-5-4-6-9-25/h4-6,8-9,11-20,22-23,32,35H,7,10,21,24H2,1-3H3,(H,45,48)(H2,52,53,54). The first-order valence-electron chi connectivity index (χ1n) is 17.8. The fourth-order valence-corrected chi connectivity index (χ4v) is 8.29. The maximum atomic E-state index is 14.7. The molecule has 11 nitrogen and oxygen atoms in total. The highest BCUT2D eigenvalue weighted by molar-refractivity contribution is 14.1. The highest BCUT2D eigenvalue weighted by Crippen LogP contribution is 2.59. The second-order valence-electron chi connectivity index (χ2n) is 14.7. The fraction of sp³-hybridized carbons (Fsp3) is 0.268. The SMILES string of the molecule is CC(C)(C)C(NC(=O)c1cc2cc(C(F)(F)P(=O)(O)O)ccc2s1)C(=O)N1CCCC1C(=O)N(c1ccc(I)cc1)c1ccc(C(=O)OCc2ccccc2)cc1. The molecule has 0 bridgehead atoms. The van der Waals surface area contributed by atoms with Gasteiger partial charge in [0.15, 0.2) is 0 Å². The highest BCUT2D eigenvalue weighted by atomic mass is 127. The van der Waals surface area contributed by atoms with E-state index in [2.05, 4.69) is 27.9 Å². The molecule has 1 aromatic heterocycles. The van der Waals surface area contributed by atoms with Crippen molar-refractivity contribution in [3.63, 3.8) is 0 Å². The number of likely N-dealkylation sites (tertiary alicyclic amines) is 1. The third-order valence-corrected chi connectivity index (χ3v) is 12.4. The molecule has 5 aromatic rings. The van der Waals surface area contributed by atoms with Gasteiger partial charge in [0.25, 0.3) is 11.8 Å². The summed E-state index contributed by atoms with van der Waals surface area (Å²) in [5, 5.41) is 2.99. The van der Waals surface area contributed by atoms with E-state index >= 15 is 0 Å². The number of nitrogens with zero attached hydrogens (tertiary/aromatic N) is 2. The number of fused-ring (bicyclic) bond motifs is 1. The number of benzene rings is 4. The van der Waals surface area contributed by atoms with Crippen molar-refractivity contribution in [1.82, 2.24) is 10.2 Å². The van der Waals surface area contributed by atoms with Gasteiger partial charge in [-0.05, 0) is 119 Å². The number of alkyl halides is 2. The number of carbonyl (C=O) groups is 4. The van der Waals surface area contributed by atoms with Crippen molar-refractivity contribution < 1.29 is 47.0 Å². The van der Waals surface area contributed by atoms with Crippen LogP contribution in [0.25, 0.3) is 10.1 Å². The Kier molecular flexibility index (Phi) is 12.4. The smallest absolute Gasteiger partial charge is 0.399 e. The second kappa shape index (κ2) is 16.7. The normalized spacial score (nSPS) is 15.3. The molecule has 298 valence electrons. The zero-order valence-corrected chi connectivity index (χ0v) is 34.9. The van der Waals surface area contributed by atoms with Crippen LogP contribution >= 0.6 is 41.5 Å². The van der Waals surface area contributed by atoms with Crippen LogP contribution in [0.3, 0.4) is 0 Å². The summed E-state index contributed by atoms with van der Waals surface area (Å²) in [5.41, 5.74) is -4.00. The van der Waals surface area contributed by atoms with E-state index in [-0.39, 0.29) is 29.3 Å². The molecule has 57 heavy (non-hydrogen) atoms. The molecule has 1 aliphatic rings. The Morgan fingerprint density at radius 1 is 0.947 bits per heavy atom. The van der Waals surface area contributed by atoms with E-state index in [0.717, 1.165) is 32.6 Å². The molecule has 6 rings (SSSR count).